The van der Waals surface area contributed by atoms with E-state index in [0.717, 1.165) is 18.7 Å². The zero-order chi connectivity index (χ0) is 13.0. The number of aromatic nitrogens is 2. The maximum Gasteiger partial charge on any atom is 0.158 e. The average Bonchev–Trinajstić information content (AvgIpc) is 2.76. The van der Waals surface area contributed by atoms with Gasteiger partial charge in [0, 0.05) is 20.3 Å². The van der Waals surface area contributed by atoms with Crippen LogP contribution < -0.4 is 5.32 Å². The van der Waals surface area contributed by atoms with Gasteiger partial charge in [-0.25, -0.2) is 9.97 Å². The van der Waals surface area contributed by atoms with Crippen LogP contribution in [-0.4, -0.2) is 36.3 Å². The summed E-state index contributed by atoms with van der Waals surface area (Å²) in [6.45, 7) is 0.355. The fourth-order valence-electron chi connectivity index (χ4n) is 2.30. The molecular formula is C12H18ClN3O2. The maximum absolute atomic E-state index is 5.96. The van der Waals surface area contributed by atoms with Crippen LogP contribution in [0.3, 0.4) is 0 Å². The van der Waals surface area contributed by atoms with E-state index in [4.69, 9.17) is 21.1 Å². The number of nitrogens with one attached hydrogen (secondary N) is 1. The van der Waals surface area contributed by atoms with Crippen LogP contribution in [-0.2, 0) is 16.1 Å². The van der Waals surface area contributed by atoms with Crippen molar-refractivity contribution in [2.75, 3.05) is 19.5 Å². The molecule has 1 saturated carbocycles. The first-order valence-electron chi connectivity index (χ1n) is 6.04. The normalized spacial score (nSPS) is 23.3. The van der Waals surface area contributed by atoms with Gasteiger partial charge >= 0.3 is 0 Å². The van der Waals surface area contributed by atoms with Crippen LogP contribution >= 0.6 is 11.6 Å². The summed E-state index contributed by atoms with van der Waals surface area (Å²) in [7, 11) is 3.35. The highest BCUT2D eigenvalue weighted by Crippen LogP contribution is 2.25. The maximum atomic E-state index is 5.96. The summed E-state index contributed by atoms with van der Waals surface area (Å²) in [5, 5.41) is 3.79. The number of halogens is 1. The molecule has 2 unspecified atom stereocenters. The molecule has 1 heterocycles. The van der Waals surface area contributed by atoms with Crippen LogP contribution in [0.4, 0.5) is 5.82 Å². The molecule has 1 aromatic heterocycles. The Labute approximate surface area is 112 Å². The summed E-state index contributed by atoms with van der Waals surface area (Å²) in [5.41, 5.74) is 0. The molecule has 1 fully saturated rings. The van der Waals surface area contributed by atoms with E-state index in [1.54, 1.807) is 20.3 Å². The van der Waals surface area contributed by atoms with E-state index in [1.807, 2.05) is 0 Å². The first-order chi connectivity index (χ1) is 8.72. The van der Waals surface area contributed by atoms with Crippen molar-refractivity contribution < 1.29 is 9.47 Å². The molecule has 2 rings (SSSR count). The van der Waals surface area contributed by atoms with Gasteiger partial charge in [0.2, 0.25) is 0 Å². The summed E-state index contributed by atoms with van der Waals surface area (Å²) >= 11 is 5.96. The van der Waals surface area contributed by atoms with Crippen molar-refractivity contribution >= 4 is 17.4 Å². The SMILES string of the molecule is COCc1nc(Cl)cc(NC2CCCC2OC)n1. The predicted molar refractivity (Wildman–Crippen MR) is 69.8 cm³/mol. The lowest BCUT2D eigenvalue weighted by atomic mass is 10.2. The Morgan fingerprint density at radius 2 is 2.22 bits per heavy atom. The van der Waals surface area contributed by atoms with Crippen LogP contribution in [0.25, 0.3) is 0 Å². The number of hydrogen-bond donors (Lipinski definition) is 1. The molecule has 0 aromatic carbocycles. The molecule has 0 bridgehead atoms. The van der Waals surface area contributed by atoms with Gasteiger partial charge in [0.1, 0.15) is 17.6 Å². The molecule has 0 radical (unpaired) electrons. The smallest absolute Gasteiger partial charge is 0.158 e. The summed E-state index contributed by atoms with van der Waals surface area (Å²) in [4.78, 5) is 8.46. The van der Waals surface area contributed by atoms with E-state index in [-0.39, 0.29) is 12.1 Å². The van der Waals surface area contributed by atoms with Gasteiger partial charge in [0.05, 0.1) is 12.1 Å². The van der Waals surface area contributed by atoms with Crippen molar-refractivity contribution in [2.24, 2.45) is 0 Å². The van der Waals surface area contributed by atoms with E-state index < -0.39 is 0 Å². The number of rotatable bonds is 5. The second kappa shape index (κ2) is 6.31. The van der Waals surface area contributed by atoms with E-state index >= 15 is 0 Å². The van der Waals surface area contributed by atoms with Gasteiger partial charge in [-0.05, 0) is 19.3 Å². The van der Waals surface area contributed by atoms with Crippen LogP contribution in [0, 0.1) is 0 Å². The first kappa shape index (κ1) is 13.5. The third-order valence-electron chi connectivity index (χ3n) is 3.10. The highest BCUT2D eigenvalue weighted by Gasteiger charge is 2.27. The van der Waals surface area contributed by atoms with Gasteiger partial charge in [-0.1, -0.05) is 11.6 Å². The highest BCUT2D eigenvalue weighted by atomic mass is 35.5. The van der Waals surface area contributed by atoms with Gasteiger partial charge in [0.25, 0.3) is 0 Å². The third kappa shape index (κ3) is 3.31. The Bertz CT molecular complexity index is 403. The zero-order valence-corrected chi connectivity index (χ0v) is 11.4. The third-order valence-corrected chi connectivity index (χ3v) is 3.30. The number of anilines is 1. The molecule has 100 valence electrons. The molecule has 1 N–H and O–H groups in total. The average molecular weight is 272 g/mol. The minimum atomic E-state index is 0.240. The van der Waals surface area contributed by atoms with E-state index in [0.29, 0.717) is 17.6 Å². The van der Waals surface area contributed by atoms with Crippen molar-refractivity contribution in [3.8, 4) is 0 Å². The minimum absolute atomic E-state index is 0.240. The molecule has 0 spiro atoms. The Morgan fingerprint density at radius 1 is 1.39 bits per heavy atom. The molecular weight excluding hydrogens is 254 g/mol. The second-order valence-electron chi connectivity index (χ2n) is 4.38. The largest absolute Gasteiger partial charge is 0.379 e. The monoisotopic (exact) mass is 271 g/mol. The summed E-state index contributed by atoms with van der Waals surface area (Å²) in [5.74, 6) is 1.32. The van der Waals surface area contributed by atoms with Crippen molar-refractivity contribution in [1.29, 1.82) is 0 Å². The van der Waals surface area contributed by atoms with Gasteiger partial charge in [-0.3, -0.25) is 0 Å². The Kier molecular flexibility index (Phi) is 4.74. The molecule has 0 aliphatic heterocycles. The summed E-state index contributed by atoms with van der Waals surface area (Å²) < 4.78 is 10.5. The Hall–Kier alpha value is -0.910. The summed E-state index contributed by atoms with van der Waals surface area (Å²) in [6.07, 6.45) is 3.57. The van der Waals surface area contributed by atoms with E-state index in [1.165, 1.54) is 6.42 Å². The van der Waals surface area contributed by atoms with E-state index in [2.05, 4.69) is 15.3 Å². The van der Waals surface area contributed by atoms with Gasteiger partial charge in [-0.2, -0.15) is 0 Å². The number of methoxy groups -OCH3 is 2. The predicted octanol–water partition coefficient (Wildman–Crippen LogP) is 2.26. The quantitative estimate of drug-likeness (QED) is 0.833. The minimum Gasteiger partial charge on any atom is -0.379 e. The Balaban J connectivity index is 2.08. The molecule has 1 aliphatic rings. The van der Waals surface area contributed by atoms with Crippen LogP contribution in [0.15, 0.2) is 6.07 Å². The molecule has 18 heavy (non-hydrogen) atoms. The van der Waals surface area contributed by atoms with Crippen molar-refractivity contribution in [1.82, 2.24) is 9.97 Å². The topological polar surface area (TPSA) is 56.3 Å². The fraction of sp³-hybridized carbons (Fsp3) is 0.667. The lowest BCUT2D eigenvalue weighted by Gasteiger charge is -2.20. The van der Waals surface area contributed by atoms with Crippen LogP contribution in [0.1, 0.15) is 25.1 Å². The lowest BCUT2D eigenvalue weighted by Crippen LogP contribution is -2.30. The van der Waals surface area contributed by atoms with E-state index in [9.17, 15) is 0 Å². The molecule has 5 nitrogen and oxygen atoms in total. The highest BCUT2D eigenvalue weighted by molar-refractivity contribution is 6.29. The summed E-state index contributed by atoms with van der Waals surface area (Å²) in [6, 6.07) is 2.02. The molecule has 1 aromatic rings. The molecule has 0 amide bonds. The first-order valence-corrected chi connectivity index (χ1v) is 6.42. The number of ether oxygens (including phenoxy) is 2. The number of nitrogens with zero attached hydrogens (tertiary/aromatic N) is 2. The van der Waals surface area contributed by atoms with Crippen LogP contribution in [0.5, 0.6) is 0 Å². The van der Waals surface area contributed by atoms with Gasteiger partial charge < -0.3 is 14.8 Å². The van der Waals surface area contributed by atoms with Crippen molar-refractivity contribution in [3.63, 3.8) is 0 Å². The molecule has 1 aliphatic carbocycles. The van der Waals surface area contributed by atoms with Crippen molar-refractivity contribution in [3.05, 3.63) is 17.0 Å². The second-order valence-corrected chi connectivity index (χ2v) is 4.77. The van der Waals surface area contributed by atoms with Crippen LogP contribution in [0.2, 0.25) is 5.15 Å². The standard InChI is InChI=1S/C12H18ClN3O2/c1-17-7-12-15-10(13)6-11(16-12)14-8-4-3-5-9(8)18-2/h6,8-9H,3-5,7H2,1-2H3,(H,14,15,16). The molecule has 6 heteroatoms. The zero-order valence-electron chi connectivity index (χ0n) is 10.6. The molecule has 0 saturated heterocycles. The lowest BCUT2D eigenvalue weighted by molar-refractivity contribution is 0.101. The number of hydrogen-bond acceptors (Lipinski definition) is 5. The van der Waals surface area contributed by atoms with Crippen molar-refractivity contribution in [2.45, 2.75) is 38.0 Å². The molecule has 2 atom stereocenters. The van der Waals surface area contributed by atoms with Gasteiger partial charge in [-0.15, -0.1) is 0 Å². The fourth-order valence-corrected chi connectivity index (χ4v) is 2.50. The van der Waals surface area contributed by atoms with Gasteiger partial charge in [0.15, 0.2) is 5.82 Å². The Morgan fingerprint density at radius 3 is 2.94 bits per heavy atom.